The van der Waals surface area contributed by atoms with Crippen LogP contribution in [0.1, 0.15) is 45.4 Å². The Morgan fingerprint density at radius 1 is 1.22 bits per heavy atom. The number of carbonyl (C=O) groups excluding carboxylic acids is 1. The van der Waals surface area contributed by atoms with Crippen molar-refractivity contribution in [2.75, 3.05) is 19.6 Å². The fourth-order valence-electron chi connectivity index (χ4n) is 2.15. The van der Waals surface area contributed by atoms with E-state index in [0.29, 0.717) is 18.9 Å². The third-order valence-corrected chi connectivity index (χ3v) is 3.41. The Kier molecular flexibility index (Phi) is 6.54. The van der Waals surface area contributed by atoms with Crippen LogP contribution in [0.25, 0.3) is 0 Å². The summed E-state index contributed by atoms with van der Waals surface area (Å²) in [7, 11) is 0. The monoisotopic (exact) mass is 256 g/mol. The van der Waals surface area contributed by atoms with E-state index in [4.69, 9.17) is 5.11 Å². The topological polar surface area (TPSA) is 69.6 Å². The molecule has 0 aliphatic carbocycles. The lowest BCUT2D eigenvalue weighted by molar-refractivity contribution is -0.137. The first kappa shape index (κ1) is 14.8. The molecule has 1 aliphatic heterocycles. The lowest BCUT2D eigenvalue weighted by Crippen LogP contribution is -2.43. The third kappa shape index (κ3) is 5.89. The van der Waals surface area contributed by atoms with Crippen molar-refractivity contribution in [1.29, 1.82) is 0 Å². The zero-order valence-corrected chi connectivity index (χ0v) is 11.2. The van der Waals surface area contributed by atoms with Gasteiger partial charge in [0.05, 0.1) is 0 Å². The minimum Gasteiger partial charge on any atom is -0.481 e. The molecule has 1 unspecified atom stereocenters. The summed E-state index contributed by atoms with van der Waals surface area (Å²) in [6.45, 7) is 4.38. The zero-order valence-electron chi connectivity index (χ0n) is 11.2. The maximum Gasteiger partial charge on any atom is 0.317 e. The Morgan fingerprint density at radius 3 is 2.50 bits per heavy atom. The van der Waals surface area contributed by atoms with E-state index in [-0.39, 0.29) is 12.5 Å². The fraction of sp³-hybridized carbons (Fsp3) is 0.846. The van der Waals surface area contributed by atoms with Crippen molar-refractivity contribution in [2.45, 2.75) is 45.4 Å². The van der Waals surface area contributed by atoms with Crippen LogP contribution in [0.2, 0.25) is 0 Å². The first-order valence-electron chi connectivity index (χ1n) is 6.84. The highest BCUT2D eigenvalue weighted by molar-refractivity contribution is 5.74. The van der Waals surface area contributed by atoms with E-state index in [2.05, 4.69) is 5.32 Å². The maximum atomic E-state index is 11.8. The van der Waals surface area contributed by atoms with Crippen molar-refractivity contribution in [3.05, 3.63) is 0 Å². The zero-order chi connectivity index (χ0) is 13.4. The normalized spacial score (nSPS) is 17.3. The first-order chi connectivity index (χ1) is 8.59. The number of carboxylic acid groups (broad SMARTS) is 1. The average Bonchev–Trinajstić information content (AvgIpc) is 2.37. The third-order valence-electron chi connectivity index (χ3n) is 3.41. The standard InChI is InChI=1S/C13H24N2O3/c1-11(5-6-12(16)17)7-8-14-13(18)15-9-3-2-4-10-15/h11H,2-10H2,1H3,(H,14,18)(H,16,17). The number of aliphatic carboxylic acids is 1. The van der Waals surface area contributed by atoms with Crippen LogP contribution in [-0.2, 0) is 4.79 Å². The van der Waals surface area contributed by atoms with Gasteiger partial charge in [0.2, 0.25) is 0 Å². The van der Waals surface area contributed by atoms with Gasteiger partial charge in [0.25, 0.3) is 0 Å². The summed E-state index contributed by atoms with van der Waals surface area (Å²) < 4.78 is 0. The molecule has 1 heterocycles. The van der Waals surface area contributed by atoms with Gasteiger partial charge in [0, 0.05) is 26.1 Å². The predicted molar refractivity (Wildman–Crippen MR) is 69.5 cm³/mol. The van der Waals surface area contributed by atoms with E-state index in [1.54, 1.807) is 0 Å². The van der Waals surface area contributed by atoms with Crippen LogP contribution in [0, 0.1) is 5.92 Å². The molecule has 1 fully saturated rings. The molecule has 1 rings (SSSR count). The molecule has 1 saturated heterocycles. The Bertz CT molecular complexity index is 275. The van der Waals surface area contributed by atoms with Crippen LogP contribution in [0.5, 0.6) is 0 Å². The van der Waals surface area contributed by atoms with E-state index in [0.717, 1.165) is 32.4 Å². The van der Waals surface area contributed by atoms with Crippen LogP contribution >= 0.6 is 0 Å². The number of carbonyl (C=O) groups is 2. The molecular weight excluding hydrogens is 232 g/mol. The Balaban J connectivity index is 2.08. The van der Waals surface area contributed by atoms with Crippen molar-refractivity contribution in [2.24, 2.45) is 5.92 Å². The van der Waals surface area contributed by atoms with Crippen LogP contribution in [0.15, 0.2) is 0 Å². The minimum atomic E-state index is -0.751. The van der Waals surface area contributed by atoms with Crippen LogP contribution in [0.3, 0.4) is 0 Å². The Labute approximate surface area is 109 Å². The Hall–Kier alpha value is -1.26. The van der Waals surface area contributed by atoms with Gasteiger partial charge >= 0.3 is 12.0 Å². The average molecular weight is 256 g/mol. The van der Waals surface area contributed by atoms with Gasteiger partial charge in [0.15, 0.2) is 0 Å². The number of piperidine rings is 1. The maximum absolute atomic E-state index is 11.8. The summed E-state index contributed by atoms with van der Waals surface area (Å²) in [5, 5.41) is 11.5. The molecule has 0 bridgehead atoms. The molecule has 18 heavy (non-hydrogen) atoms. The molecule has 0 saturated carbocycles. The van der Waals surface area contributed by atoms with Crippen LogP contribution in [0.4, 0.5) is 4.79 Å². The molecule has 2 amide bonds. The molecule has 1 atom stereocenters. The fourth-order valence-corrected chi connectivity index (χ4v) is 2.15. The predicted octanol–water partition coefficient (Wildman–Crippen LogP) is 2.07. The number of hydrogen-bond acceptors (Lipinski definition) is 2. The van der Waals surface area contributed by atoms with Gasteiger partial charge in [-0.15, -0.1) is 0 Å². The molecule has 1 aliphatic rings. The van der Waals surface area contributed by atoms with E-state index < -0.39 is 5.97 Å². The molecule has 104 valence electrons. The van der Waals surface area contributed by atoms with E-state index >= 15 is 0 Å². The highest BCUT2D eigenvalue weighted by Crippen LogP contribution is 2.10. The molecule has 5 nitrogen and oxygen atoms in total. The van der Waals surface area contributed by atoms with E-state index in [1.165, 1.54) is 6.42 Å². The summed E-state index contributed by atoms with van der Waals surface area (Å²) >= 11 is 0. The van der Waals surface area contributed by atoms with Gasteiger partial charge in [0.1, 0.15) is 0 Å². The lowest BCUT2D eigenvalue weighted by atomic mass is 10.0. The summed E-state index contributed by atoms with van der Waals surface area (Å²) in [5.41, 5.74) is 0. The van der Waals surface area contributed by atoms with E-state index in [1.807, 2.05) is 11.8 Å². The molecule has 0 aromatic carbocycles. The lowest BCUT2D eigenvalue weighted by Gasteiger charge is -2.27. The van der Waals surface area contributed by atoms with Gasteiger partial charge in [-0.05, 0) is 38.0 Å². The first-order valence-corrected chi connectivity index (χ1v) is 6.84. The number of urea groups is 1. The number of nitrogens with one attached hydrogen (secondary N) is 1. The smallest absolute Gasteiger partial charge is 0.317 e. The summed E-state index contributed by atoms with van der Waals surface area (Å²) in [6, 6.07) is 0.0279. The van der Waals surface area contributed by atoms with Crippen LogP contribution in [-0.4, -0.2) is 41.6 Å². The quantitative estimate of drug-likeness (QED) is 0.764. The highest BCUT2D eigenvalue weighted by atomic mass is 16.4. The molecule has 2 N–H and O–H groups in total. The SMILES string of the molecule is CC(CCNC(=O)N1CCCCC1)CCC(=O)O. The second-order valence-corrected chi connectivity index (χ2v) is 5.11. The van der Waals surface area contributed by atoms with Crippen molar-refractivity contribution in [3.63, 3.8) is 0 Å². The van der Waals surface area contributed by atoms with Crippen molar-refractivity contribution in [1.82, 2.24) is 10.2 Å². The largest absolute Gasteiger partial charge is 0.481 e. The van der Waals surface area contributed by atoms with Gasteiger partial charge < -0.3 is 15.3 Å². The van der Waals surface area contributed by atoms with Gasteiger partial charge in [-0.3, -0.25) is 4.79 Å². The number of nitrogens with zero attached hydrogens (tertiary/aromatic N) is 1. The second-order valence-electron chi connectivity index (χ2n) is 5.11. The van der Waals surface area contributed by atoms with E-state index in [9.17, 15) is 9.59 Å². The van der Waals surface area contributed by atoms with Gasteiger partial charge in [-0.2, -0.15) is 0 Å². The summed E-state index contributed by atoms with van der Waals surface area (Å²) in [4.78, 5) is 24.0. The number of rotatable bonds is 6. The molecule has 0 aromatic rings. The van der Waals surface area contributed by atoms with Gasteiger partial charge in [-0.1, -0.05) is 6.92 Å². The minimum absolute atomic E-state index is 0.0279. The second kappa shape index (κ2) is 7.95. The number of likely N-dealkylation sites (tertiary alicyclic amines) is 1. The summed E-state index contributed by atoms with van der Waals surface area (Å²) in [5.74, 6) is -0.415. The van der Waals surface area contributed by atoms with Crippen LogP contribution < -0.4 is 5.32 Å². The van der Waals surface area contributed by atoms with Crippen molar-refractivity contribution in [3.8, 4) is 0 Å². The molecular formula is C13H24N2O3. The number of hydrogen-bond donors (Lipinski definition) is 2. The number of carboxylic acids is 1. The Morgan fingerprint density at radius 2 is 1.89 bits per heavy atom. The van der Waals surface area contributed by atoms with Crippen molar-refractivity contribution >= 4 is 12.0 Å². The molecule has 0 aromatic heterocycles. The summed E-state index contributed by atoms with van der Waals surface area (Å²) in [6.07, 6.45) is 5.14. The highest BCUT2D eigenvalue weighted by Gasteiger charge is 2.15. The van der Waals surface area contributed by atoms with Gasteiger partial charge in [-0.25, -0.2) is 4.79 Å². The number of amides is 2. The molecule has 0 spiro atoms. The molecule has 5 heteroatoms. The molecule has 0 radical (unpaired) electrons. The van der Waals surface area contributed by atoms with Crippen molar-refractivity contribution < 1.29 is 14.7 Å².